The minimum atomic E-state index is -2.92. The molecule has 3 nitrogen and oxygen atoms in total. The first-order chi connectivity index (χ1) is 1.73. The minimum absolute atomic E-state index is 0. The third-order valence-electron chi connectivity index (χ3n) is 0. The van der Waals surface area contributed by atoms with Crippen molar-refractivity contribution in [2.75, 3.05) is 0 Å². The molecule has 0 saturated heterocycles. The fourth-order valence-corrected chi connectivity index (χ4v) is 0. The summed E-state index contributed by atoms with van der Waals surface area (Å²) in [4.78, 5) is 0. The summed E-state index contributed by atoms with van der Waals surface area (Å²) in [6.45, 7) is 0. The fraction of sp³-hybridized carbons (Fsp3) is 0. The Morgan fingerprint density at radius 2 is 0.750 bits per heavy atom. The van der Waals surface area contributed by atoms with Crippen molar-refractivity contribution in [1.29, 1.82) is 0 Å². The van der Waals surface area contributed by atoms with Crippen LogP contribution in [-0.4, -0.2) is 18.3 Å². The molecule has 0 saturated carbocycles. The van der Waals surface area contributed by atoms with Crippen LogP contribution < -0.4 is 71.7 Å². The van der Waals surface area contributed by atoms with Crippen LogP contribution in [0.4, 0.5) is 0 Å². The van der Waals surface area contributed by atoms with E-state index in [-0.39, 0.29) is 67.5 Å². The van der Waals surface area contributed by atoms with Gasteiger partial charge in [0.05, 0.1) is 0 Å². The van der Waals surface area contributed by atoms with Crippen molar-refractivity contribution in [3.05, 3.63) is 0 Å². The topological polar surface area (TPSA) is 69.2 Å². The first-order valence-electron chi connectivity index (χ1n) is 0.707. The third-order valence-corrected chi connectivity index (χ3v) is 0. The van der Waals surface area contributed by atoms with Gasteiger partial charge in [-0.25, -0.2) is 0 Å². The molecule has 0 atom stereocenters. The van der Waals surface area contributed by atoms with Gasteiger partial charge >= 0.3 is 56.6 Å². The standard InChI is InChI=1S/BO3.3Li.H4Si/c2-1(3)4;;;;/h;;;;1H4/q-3;3*+1;. The van der Waals surface area contributed by atoms with E-state index in [2.05, 4.69) is 0 Å². The Kier molecular flexibility index (Phi) is 93.8. The molecule has 0 radical (unpaired) electrons. The molecule has 0 aromatic carbocycles. The molecule has 0 heterocycles. The summed E-state index contributed by atoms with van der Waals surface area (Å²) in [6, 6.07) is 0. The van der Waals surface area contributed by atoms with Gasteiger partial charge in [-0.05, 0) is 11.0 Å². The second kappa shape index (κ2) is 23.1. The molecule has 0 bridgehead atoms. The molecule has 32 valence electrons. The maximum atomic E-state index is 8.42. The summed E-state index contributed by atoms with van der Waals surface area (Å²) in [6.07, 6.45) is 0. The zero-order valence-electron chi connectivity index (χ0n) is 4.80. The first-order valence-corrected chi connectivity index (χ1v) is 0.707. The molecule has 0 N–H and O–H groups in total. The average molecular weight is 112 g/mol. The van der Waals surface area contributed by atoms with E-state index < -0.39 is 7.32 Å². The van der Waals surface area contributed by atoms with Crippen molar-refractivity contribution in [1.82, 2.24) is 0 Å². The van der Waals surface area contributed by atoms with E-state index in [1.807, 2.05) is 0 Å². The van der Waals surface area contributed by atoms with Crippen LogP contribution in [0.2, 0.25) is 0 Å². The molecular formula is H4BLi3O3Si. The summed E-state index contributed by atoms with van der Waals surface area (Å²) in [5, 5.41) is 25.2. The smallest absolute Gasteiger partial charge is 0.907 e. The van der Waals surface area contributed by atoms with Crippen LogP contribution in [-0.2, 0) is 0 Å². The van der Waals surface area contributed by atoms with Crippen molar-refractivity contribution in [3.8, 4) is 0 Å². The monoisotopic (exact) mass is 112 g/mol. The molecule has 0 aromatic heterocycles. The van der Waals surface area contributed by atoms with Crippen LogP contribution in [0.5, 0.6) is 0 Å². The summed E-state index contributed by atoms with van der Waals surface area (Å²) >= 11 is 0. The van der Waals surface area contributed by atoms with Crippen molar-refractivity contribution in [2.45, 2.75) is 0 Å². The predicted octanol–water partition coefficient (Wildman–Crippen LogP) is -14.4. The van der Waals surface area contributed by atoms with Gasteiger partial charge in [0.2, 0.25) is 0 Å². The van der Waals surface area contributed by atoms with Gasteiger partial charge in [-0.1, -0.05) is 0 Å². The summed E-state index contributed by atoms with van der Waals surface area (Å²) in [5.74, 6) is 0. The molecule has 8 heteroatoms. The van der Waals surface area contributed by atoms with Gasteiger partial charge in [-0.15, -0.1) is 0 Å². The fourth-order valence-electron chi connectivity index (χ4n) is 0. The first kappa shape index (κ1) is 32.5. The van der Waals surface area contributed by atoms with E-state index in [0.29, 0.717) is 0 Å². The maximum absolute atomic E-state index is 8.42. The summed E-state index contributed by atoms with van der Waals surface area (Å²) < 4.78 is 0. The maximum Gasteiger partial charge on any atom is 1.00 e. The van der Waals surface area contributed by atoms with Crippen molar-refractivity contribution < 1.29 is 71.7 Å². The molecule has 8 heavy (non-hydrogen) atoms. The molecule has 0 amide bonds. The van der Waals surface area contributed by atoms with Gasteiger partial charge in [0, 0.05) is 0 Å². The zero-order chi connectivity index (χ0) is 3.58. The van der Waals surface area contributed by atoms with E-state index in [1.54, 1.807) is 0 Å². The molecule has 0 aliphatic carbocycles. The van der Waals surface area contributed by atoms with Crippen LogP contribution in [0.25, 0.3) is 0 Å². The van der Waals surface area contributed by atoms with Crippen LogP contribution in [0.1, 0.15) is 0 Å². The number of hydrogen-bond acceptors (Lipinski definition) is 3. The third kappa shape index (κ3) is 101. The van der Waals surface area contributed by atoms with E-state index in [1.165, 1.54) is 0 Å². The van der Waals surface area contributed by atoms with Gasteiger partial charge in [0.15, 0.2) is 0 Å². The van der Waals surface area contributed by atoms with Gasteiger partial charge in [-0.2, -0.15) is 0 Å². The molecule has 0 fully saturated rings. The molecule has 0 aromatic rings. The van der Waals surface area contributed by atoms with Gasteiger partial charge < -0.3 is 15.1 Å². The van der Waals surface area contributed by atoms with E-state index >= 15 is 0 Å². The Labute approximate surface area is 89.4 Å². The average Bonchev–Trinajstić information content (AvgIpc) is 0.811. The Balaban J connectivity index is -0.00000000750. The van der Waals surface area contributed by atoms with E-state index in [4.69, 9.17) is 15.1 Å². The molecule has 0 rings (SSSR count). The van der Waals surface area contributed by atoms with Crippen molar-refractivity contribution in [2.24, 2.45) is 0 Å². The zero-order valence-corrected chi connectivity index (χ0v) is 4.80. The number of rotatable bonds is 0. The molecular weight excluding hydrogens is 108 g/mol. The predicted molar refractivity (Wildman–Crippen MR) is 17.1 cm³/mol. The van der Waals surface area contributed by atoms with Crippen LogP contribution in [0.3, 0.4) is 0 Å². The van der Waals surface area contributed by atoms with Gasteiger partial charge in [-0.3, -0.25) is 7.32 Å². The number of hydrogen-bond donors (Lipinski definition) is 0. The van der Waals surface area contributed by atoms with Gasteiger partial charge in [0.25, 0.3) is 0 Å². The second-order valence-corrected chi connectivity index (χ2v) is 0.289. The van der Waals surface area contributed by atoms with E-state index in [0.717, 1.165) is 0 Å². The largest absolute Gasteiger partial charge is 1.00 e. The quantitative estimate of drug-likeness (QED) is 0.292. The van der Waals surface area contributed by atoms with E-state index in [9.17, 15) is 0 Å². The Morgan fingerprint density at radius 1 is 0.750 bits per heavy atom. The van der Waals surface area contributed by atoms with Crippen molar-refractivity contribution >= 4 is 18.3 Å². The summed E-state index contributed by atoms with van der Waals surface area (Å²) in [5.41, 5.74) is 0. The molecule has 0 spiro atoms. The van der Waals surface area contributed by atoms with Crippen LogP contribution >= 0.6 is 0 Å². The van der Waals surface area contributed by atoms with Crippen LogP contribution in [0.15, 0.2) is 0 Å². The van der Waals surface area contributed by atoms with Crippen molar-refractivity contribution in [3.63, 3.8) is 0 Å². The SMILES string of the molecule is [Li+].[Li+].[Li+].[O-]B([O-])[O-].[SiH4]. The Hall–Kier alpha value is 1.95. The Morgan fingerprint density at radius 3 is 0.750 bits per heavy atom. The molecule has 0 unspecified atom stereocenters. The Bertz CT molecular complexity index is 19.2. The second-order valence-electron chi connectivity index (χ2n) is 0.289. The molecule has 0 aliphatic rings. The van der Waals surface area contributed by atoms with Crippen LogP contribution in [0, 0.1) is 0 Å². The van der Waals surface area contributed by atoms with Gasteiger partial charge in [0.1, 0.15) is 0 Å². The summed E-state index contributed by atoms with van der Waals surface area (Å²) in [7, 11) is -2.92. The normalized spacial score (nSPS) is 3.38. The minimum Gasteiger partial charge on any atom is -0.907 e. The molecule has 0 aliphatic heterocycles.